The first-order valence-electron chi connectivity index (χ1n) is 6.45. The molecule has 1 aromatic carbocycles. The van der Waals surface area contributed by atoms with E-state index in [9.17, 15) is 13.4 Å². The number of pyridine rings is 1. The van der Waals surface area contributed by atoms with E-state index in [0.717, 1.165) is 5.56 Å². The largest absolute Gasteiger partial charge is 0.495 e. The molecule has 0 fully saturated rings. The Morgan fingerprint density at radius 3 is 2.86 bits per heavy atom. The van der Waals surface area contributed by atoms with Crippen molar-refractivity contribution in [1.29, 1.82) is 0 Å². The quantitative estimate of drug-likeness (QED) is 0.776. The first-order chi connectivity index (χ1) is 10.5. The van der Waals surface area contributed by atoms with E-state index in [0.29, 0.717) is 23.5 Å². The Kier molecular flexibility index (Phi) is 3.77. The third-order valence-corrected chi connectivity index (χ3v) is 4.58. The number of sulfonamides is 1. The monoisotopic (exact) mass is 320 g/mol. The maximum absolute atomic E-state index is 12.3. The lowest BCUT2D eigenvalue weighted by Crippen LogP contribution is -2.28. The van der Waals surface area contributed by atoms with Crippen molar-refractivity contribution in [1.82, 2.24) is 4.98 Å². The van der Waals surface area contributed by atoms with E-state index in [2.05, 4.69) is 9.71 Å². The van der Waals surface area contributed by atoms with Crippen molar-refractivity contribution >= 4 is 28.3 Å². The van der Waals surface area contributed by atoms with Gasteiger partial charge in [-0.15, -0.1) is 0 Å². The summed E-state index contributed by atoms with van der Waals surface area (Å²) in [6.07, 6.45) is 1.33. The van der Waals surface area contributed by atoms with Gasteiger partial charge >= 0.3 is 7.12 Å². The van der Waals surface area contributed by atoms with Gasteiger partial charge in [-0.05, 0) is 35.3 Å². The van der Waals surface area contributed by atoms with Crippen LogP contribution in [0.4, 0.5) is 5.69 Å². The lowest BCUT2D eigenvalue weighted by molar-refractivity contribution is 0.275. The molecule has 114 valence electrons. The minimum absolute atomic E-state index is 0.120. The van der Waals surface area contributed by atoms with E-state index in [4.69, 9.17) is 9.39 Å². The van der Waals surface area contributed by atoms with Crippen LogP contribution in [0.15, 0.2) is 41.6 Å². The summed E-state index contributed by atoms with van der Waals surface area (Å²) < 4.78 is 37.0. The van der Waals surface area contributed by atoms with E-state index >= 15 is 0 Å². The van der Waals surface area contributed by atoms with Gasteiger partial charge < -0.3 is 14.4 Å². The third kappa shape index (κ3) is 2.78. The molecule has 2 heterocycles. The summed E-state index contributed by atoms with van der Waals surface area (Å²) in [5, 5.41) is 9.53. The van der Waals surface area contributed by atoms with Crippen LogP contribution < -0.4 is 14.9 Å². The van der Waals surface area contributed by atoms with Crippen LogP contribution in [0, 0.1) is 0 Å². The van der Waals surface area contributed by atoms with Gasteiger partial charge in [0.25, 0.3) is 10.0 Å². The Balaban J connectivity index is 1.86. The standard InChI is InChI=1S/C13H13BN2O5S/c1-20-11-4-5-13(15-7-11)22(18,19)16-10-3-2-9-8-21-14(17)12(9)6-10/h2-7,16-17H,8H2,1H3. The van der Waals surface area contributed by atoms with Gasteiger partial charge in [0.15, 0.2) is 5.03 Å². The molecule has 3 rings (SSSR count). The summed E-state index contributed by atoms with van der Waals surface area (Å²) in [7, 11) is -3.37. The lowest BCUT2D eigenvalue weighted by Gasteiger charge is -2.09. The Labute approximate surface area is 128 Å². The average molecular weight is 320 g/mol. The number of anilines is 1. The number of hydrogen-bond acceptors (Lipinski definition) is 6. The fourth-order valence-corrected chi connectivity index (χ4v) is 3.11. The minimum Gasteiger partial charge on any atom is -0.495 e. The molecule has 1 aromatic heterocycles. The van der Waals surface area contributed by atoms with Crippen LogP contribution in [0.1, 0.15) is 5.56 Å². The van der Waals surface area contributed by atoms with Crippen molar-refractivity contribution in [2.75, 3.05) is 11.8 Å². The molecule has 1 aliphatic heterocycles. The van der Waals surface area contributed by atoms with Gasteiger partial charge in [0, 0.05) is 5.69 Å². The van der Waals surface area contributed by atoms with Crippen LogP contribution in [0.2, 0.25) is 0 Å². The SMILES string of the molecule is COc1ccc(S(=O)(=O)Nc2ccc3c(c2)B(O)OC3)nc1. The fourth-order valence-electron chi connectivity index (χ4n) is 2.13. The fraction of sp³-hybridized carbons (Fsp3) is 0.154. The predicted molar refractivity (Wildman–Crippen MR) is 80.4 cm³/mol. The van der Waals surface area contributed by atoms with Gasteiger partial charge in [0.2, 0.25) is 0 Å². The molecule has 0 atom stereocenters. The molecular formula is C13H13BN2O5S. The number of rotatable bonds is 4. The molecule has 2 aromatic rings. The van der Waals surface area contributed by atoms with Crippen molar-refractivity contribution in [2.24, 2.45) is 0 Å². The Morgan fingerprint density at radius 2 is 2.18 bits per heavy atom. The second-order valence-electron chi connectivity index (χ2n) is 4.72. The molecule has 2 N–H and O–H groups in total. The first-order valence-corrected chi connectivity index (χ1v) is 7.93. The average Bonchev–Trinajstić information content (AvgIpc) is 2.88. The summed E-state index contributed by atoms with van der Waals surface area (Å²) in [6, 6.07) is 7.74. The molecule has 1 aliphatic rings. The minimum atomic E-state index is -3.81. The molecular weight excluding hydrogens is 307 g/mol. The maximum atomic E-state index is 12.3. The van der Waals surface area contributed by atoms with Crippen molar-refractivity contribution in [2.45, 2.75) is 11.6 Å². The molecule has 0 amide bonds. The smallest absolute Gasteiger partial charge is 0.491 e. The van der Waals surface area contributed by atoms with Crippen LogP contribution >= 0.6 is 0 Å². The second-order valence-corrected chi connectivity index (χ2v) is 6.35. The van der Waals surface area contributed by atoms with Gasteiger partial charge in [-0.1, -0.05) is 6.07 Å². The number of nitrogens with one attached hydrogen (secondary N) is 1. The third-order valence-electron chi connectivity index (χ3n) is 3.28. The maximum Gasteiger partial charge on any atom is 0.491 e. The molecule has 0 aliphatic carbocycles. The Morgan fingerprint density at radius 1 is 1.36 bits per heavy atom. The van der Waals surface area contributed by atoms with E-state index in [1.165, 1.54) is 25.4 Å². The van der Waals surface area contributed by atoms with Crippen LogP contribution in [-0.2, 0) is 21.3 Å². The normalized spacial score (nSPS) is 13.8. The van der Waals surface area contributed by atoms with Crippen molar-refractivity contribution in [3.8, 4) is 5.75 Å². The zero-order valence-electron chi connectivity index (χ0n) is 11.7. The number of hydrogen-bond donors (Lipinski definition) is 2. The van der Waals surface area contributed by atoms with Gasteiger partial charge in [0.1, 0.15) is 5.75 Å². The number of nitrogens with zero attached hydrogens (tertiary/aromatic N) is 1. The lowest BCUT2D eigenvalue weighted by atomic mass is 9.79. The number of benzene rings is 1. The molecule has 0 saturated carbocycles. The summed E-state index contributed by atoms with van der Waals surface area (Å²) in [6.45, 7) is 0.309. The van der Waals surface area contributed by atoms with Gasteiger partial charge in [-0.3, -0.25) is 4.72 Å². The second kappa shape index (κ2) is 5.60. The molecule has 0 saturated heterocycles. The van der Waals surface area contributed by atoms with Gasteiger partial charge in [-0.25, -0.2) is 4.98 Å². The van der Waals surface area contributed by atoms with E-state index in [-0.39, 0.29) is 5.03 Å². The zero-order valence-corrected chi connectivity index (χ0v) is 12.5. The van der Waals surface area contributed by atoms with Crippen molar-refractivity contribution in [3.63, 3.8) is 0 Å². The summed E-state index contributed by atoms with van der Waals surface area (Å²) in [5.74, 6) is 0.469. The molecule has 0 spiro atoms. The molecule has 0 unspecified atom stereocenters. The highest BCUT2D eigenvalue weighted by molar-refractivity contribution is 7.92. The topological polar surface area (TPSA) is 97.8 Å². The summed E-state index contributed by atoms with van der Waals surface area (Å²) >= 11 is 0. The molecule has 9 heteroatoms. The summed E-state index contributed by atoms with van der Waals surface area (Å²) in [5.41, 5.74) is 1.72. The van der Waals surface area contributed by atoms with Crippen LogP contribution in [0.3, 0.4) is 0 Å². The van der Waals surface area contributed by atoms with Crippen molar-refractivity contribution in [3.05, 3.63) is 42.1 Å². The van der Waals surface area contributed by atoms with E-state index in [1.807, 2.05) is 0 Å². The van der Waals surface area contributed by atoms with Crippen LogP contribution in [0.5, 0.6) is 5.75 Å². The number of aromatic nitrogens is 1. The Hall–Kier alpha value is -2.10. The van der Waals surface area contributed by atoms with Crippen molar-refractivity contribution < 1.29 is 22.8 Å². The zero-order chi connectivity index (χ0) is 15.7. The van der Waals surface area contributed by atoms with Crippen LogP contribution in [0.25, 0.3) is 0 Å². The van der Waals surface area contributed by atoms with Crippen LogP contribution in [-0.4, -0.2) is 32.7 Å². The van der Waals surface area contributed by atoms with E-state index in [1.54, 1.807) is 18.2 Å². The highest BCUT2D eigenvalue weighted by Gasteiger charge is 2.28. The highest BCUT2D eigenvalue weighted by Crippen LogP contribution is 2.18. The highest BCUT2D eigenvalue weighted by atomic mass is 32.2. The summed E-state index contributed by atoms with van der Waals surface area (Å²) in [4.78, 5) is 3.86. The van der Waals surface area contributed by atoms with Gasteiger partial charge in [0.05, 0.1) is 19.9 Å². The molecule has 22 heavy (non-hydrogen) atoms. The predicted octanol–water partition coefficient (Wildman–Crippen LogP) is 0.109. The molecule has 0 radical (unpaired) electrons. The number of fused-ring (bicyclic) bond motifs is 1. The first kappa shape index (κ1) is 14.8. The van der Waals surface area contributed by atoms with Gasteiger partial charge in [-0.2, -0.15) is 8.42 Å². The molecule has 0 bridgehead atoms. The molecule has 7 nitrogen and oxygen atoms in total. The Bertz CT molecular complexity index is 795. The number of ether oxygens (including phenoxy) is 1. The number of methoxy groups -OCH3 is 1. The van der Waals surface area contributed by atoms with E-state index < -0.39 is 17.1 Å².